The van der Waals surface area contributed by atoms with E-state index in [1.54, 1.807) is 23.1 Å². The molecular formula is C13H20ClN3O3S. The minimum Gasteiger partial charge on any atom is -0.329 e. The van der Waals surface area contributed by atoms with Crippen molar-refractivity contribution in [3.05, 3.63) is 23.8 Å². The van der Waals surface area contributed by atoms with Crippen LogP contribution in [0.25, 0.3) is 0 Å². The Balaban J connectivity index is 0.00000220. The second kappa shape index (κ2) is 7.22. The fourth-order valence-electron chi connectivity index (χ4n) is 2.33. The van der Waals surface area contributed by atoms with Gasteiger partial charge < -0.3 is 10.6 Å². The second-order valence-corrected chi connectivity index (χ2v) is 6.52. The van der Waals surface area contributed by atoms with Gasteiger partial charge in [-0.05, 0) is 30.5 Å². The molecule has 0 atom stereocenters. The van der Waals surface area contributed by atoms with Crippen molar-refractivity contribution in [2.75, 3.05) is 24.5 Å². The number of anilines is 1. The Morgan fingerprint density at radius 2 is 2.14 bits per heavy atom. The number of hydrogen-bond acceptors (Lipinski definition) is 4. The van der Waals surface area contributed by atoms with Gasteiger partial charge in [-0.15, -0.1) is 12.4 Å². The van der Waals surface area contributed by atoms with Gasteiger partial charge >= 0.3 is 0 Å². The lowest BCUT2D eigenvalue weighted by atomic mass is 10.0. The average molecular weight is 334 g/mol. The van der Waals surface area contributed by atoms with Crippen LogP contribution >= 0.6 is 12.4 Å². The van der Waals surface area contributed by atoms with Crippen molar-refractivity contribution in [1.29, 1.82) is 0 Å². The van der Waals surface area contributed by atoms with E-state index in [4.69, 9.17) is 5.73 Å². The first-order valence-electron chi connectivity index (χ1n) is 6.56. The van der Waals surface area contributed by atoms with Crippen molar-refractivity contribution in [2.45, 2.75) is 24.7 Å². The maximum Gasteiger partial charge on any atom is 0.240 e. The summed E-state index contributed by atoms with van der Waals surface area (Å²) < 4.78 is 26.6. The van der Waals surface area contributed by atoms with Gasteiger partial charge in [-0.2, -0.15) is 0 Å². The number of fused-ring (bicyclic) bond motifs is 1. The van der Waals surface area contributed by atoms with Gasteiger partial charge in [0.1, 0.15) is 0 Å². The molecule has 0 spiro atoms. The van der Waals surface area contributed by atoms with Crippen LogP contribution in [0.2, 0.25) is 0 Å². The highest BCUT2D eigenvalue weighted by molar-refractivity contribution is 7.89. The molecule has 1 heterocycles. The van der Waals surface area contributed by atoms with E-state index < -0.39 is 10.0 Å². The first-order valence-corrected chi connectivity index (χ1v) is 8.05. The van der Waals surface area contributed by atoms with Crippen LogP contribution in [0.4, 0.5) is 5.69 Å². The number of rotatable bonds is 4. The van der Waals surface area contributed by atoms with Gasteiger partial charge in [0.15, 0.2) is 0 Å². The van der Waals surface area contributed by atoms with Crippen LogP contribution in [0.1, 0.15) is 18.9 Å². The highest BCUT2D eigenvalue weighted by Crippen LogP contribution is 2.29. The minimum absolute atomic E-state index is 0. The van der Waals surface area contributed by atoms with Crippen molar-refractivity contribution in [3.8, 4) is 0 Å². The Kier molecular flexibility index (Phi) is 6.15. The van der Waals surface area contributed by atoms with Crippen LogP contribution in [-0.4, -0.2) is 34.0 Å². The molecule has 0 unspecified atom stereocenters. The van der Waals surface area contributed by atoms with Gasteiger partial charge in [0.05, 0.1) is 4.90 Å². The van der Waals surface area contributed by atoms with Crippen molar-refractivity contribution in [3.63, 3.8) is 0 Å². The smallest absolute Gasteiger partial charge is 0.240 e. The Bertz CT molecular complexity index is 619. The van der Waals surface area contributed by atoms with Crippen LogP contribution in [0.15, 0.2) is 23.1 Å². The zero-order valence-corrected chi connectivity index (χ0v) is 13.5. The standard InChI is InChI=1S/C13H19N3O3S.ClH/c1-10(17)16-8-2-3-11-4-5-12(9-13(11)16)20(18,19)15-7-6-14;/h4-5,9,15H,2-3,6-8,14H2,1H3;1H. The summed E-state index contributed by atoms with van der Waals surface area (Å²) in [4.78, 5) is 13.4. The molecule has 0 aliphatic carbocycles. The van der Waals surface area contributed by atoms with Crippen molar-refractivity contribution in [2.24, 2.45) is 5.73 Å². The number of carbonyl (C=O) groups excluding carboxylic acids is 1. The molecule has 0 aromatic heterocycles. The zero-order chi connectivity index (χ0) is 14.8. The lowest BCUT2D eigenvalue weighted by Crippen LogP contribution is -2.34. The lowest BCUT2D eigenvalue weighted by Gasteiger charge is -2.29. The van der Waals surface area contributed by atoms with Crippen LogP contribution in [-0.2, 0) is 21.2 Å². The summed E-state index contributed by atoms with van der Waals surface area (Å²) in [5, 5.41) is 0. The maximum absolute atomic E-state index is 12.1. The first-order chi connectivity index (χ1) is 9.45. The highest BCUT2D eigenvalue weighted by atomic mass is 35.5. The van der Waals surface area contributed by atoms with Gasteiger partial charge in [-0.3, -0.25) is 4.79 Å². The average Bonchev–Trinajstić information content (AvgIpc) is 2.43. The van der Waals surface area contributed by atoms with Crippen molar-refractivity contribution < 1.29 is 13.2 Å². The normalized spacial score (nSPS) is 14.3. The summed E-state index contributed by atoms with van der Waals surface area (Å²) in [6, 6.07) is 4.91. The number of carbonyl (C=O) groups is 1. The van der Waals surface area contributed by atoms with Gasteiger partial charge in [-0.1, -0.05) is 6.07 Å². The fourth-order valence-corrected chi connectivity index (χ4v) is 3.39. The van der Waals surface area contributed by atoms with E-state index in [0.717, 1.165) is 18.4 Å². The Hall–Kier alpha value is -1.15. The molecule has 118 valence electrons. The predicted molar refractivity (Wildman–Crippen MR) is 84.3 cm³/mol. The van der Waals surface area contributed by atoms with Crippen LogP contribution in [0.5, 0.6) is 0 Å². The fraction of sp³-hybridized carbons (Fsp3) is 0.462. The number of aryl methyl sites for hydroxylation is 1. The number of benzene rings is 1. The van der Waals surface area contributed by atoms with E-state index in [2.05, 4.69) is 4.72 Å². The molecule has 1 aromatic rings. The number of amides is 1. The maximum atomic E-state index is 12.1. The minimum atomic E-state index is -3.57. The highest BCUT2D eigenvalue weighted by Gasteiger charge is 2.23. The third-order valence-corrected chi connectivity index (χ3v) is 4.76. The Morgan fingerprint density at radius 1 is 1.43 bits per heavy atom. The molecule has 0 fully saturated rings. The quantitative estimate of drug-likeness (QED) is 0.846. The van der Waals surface area contributed by atoms with Crippen molar-refractivity contribution in [1.82, 2.24) is 4.72 Å². The summed E-state index contributed by atoms with van der Waals surface area (Å²) in [6.45, 7) is 2.55. The molecule has 2 rings (SSSR count). The van der Waals surface area contributed by atoms with Gasteiger partial charge in [0.25, 0.3) is 0 Å². The van der Waals surface area contributed by atoms with E-state index in [1.807, 2.05) is 0 Å². The zero-order valence-electron chi connectivity index (χ0n) is 11.8. The molecule has 1 amide bonds. The summed E-state index contributed by atoms with van der Waals surface area (Å²) >= 11 is 0. The third kappa shape index (κ3) is 3.94. The van der Waals surface area contributed by atoms with E-state index in [1.165, 1.54) is 6.92 Å². The van der Waals surface area contributed by atoms with E-state index in [-0.39, 0.29) is 36.3 Å². The summed E-state index contributed by atoms with van der Waals surface area (Å²) in [7, 11) is -3.57. The van der Waals surface area contributed by atoms with Crippen LogP contribution < -0.4 is 15.4 Å². The van der Waals surface area contributed by atoms with E-state index >= 15 is 0 Å². The molecule has 0 bridgehead atoms. The lowest BCUT2D eigenvalue weighted by molar-refractivity contribution is -0.116. The molecule has 1 aliphatic heterocycles. The van der Waals surface area contributed by atoms with Crippen molar-refractivity contribution >= 4 is 34.0 Å². The summed E-state index contributed by atoms with van der Waals surface area (Å²) in [5.41, 5.74) is 7.00. The number of nitrogens with zero attached hydrogens (tertiary/aromatic N) is 1. The molecule has 1 aliphatic rings. The molecule has 3 N–H and O–H groups in total. The predicted octanol–water partition coefficient (Wildman–Crippen LogP) is 0.645. The number of nitrogens with two attached hydrogens (primary N) is 1. The number of sulfonamides is 1. The van der Waals surface area contributed by atoms with E-state index in [9.17, 15) is 13.2 Å². The molecule has 0 radical (unpaired) electrons. The largest absolute Gasteiger partial charge is 0.329 e. The van der Waals surface area contributed by atoms with Crippen LogP contribution in [0, 0.1) is 0 Å². The molecule has 21 heavy (non-hydrogen) atoms. The molecule has 0 saturated carbocycles. The third-order valence-electron chi connectivity index (χ3n) is 3.30. The first kappa shape index (κ1) is 17.9. The van der Waals surface area contributed by atoms with E-state index in [0.29, 0.717) is 12.2 Å². The van der Waals surface area contributed by atoms with Gasteiger partial charge in [0.2, 0.25) is 15.9 Å². The number of hydrogen-bond donors (Lipinski definition) is 2. The number of halogens is 1. The number of nitrogens with one attached hydrogen (secondary N) is 1. The summed E-state index contributed by atoms with van der Waals surface area (Å²) in [6.07, 6.45) is 1.75. The molecule has 8 heteroatoms. The topological polar surface area (TPSA) is 92.5 Å². The van der Waals surface area contributed by atoms with Crippen LogP contribution in [0.3, 0.4) is 0 Å². The molecule has 0 saturated heterocycles. The van der Waals surface area contributed by atoms with Gasteiger partial charge in [-0.25, -0.2) is 13.1 Å². The summed E-state index contributed by atoms with van der Waals surface area (Å²) in [5.74, 6) is -0.0737. The Morgan fingerprint density at radius 3 is 2.76 bits per heavy atom. The van der Waals surface area contributed by atoms with Gasteiger partial charge in [0, 0.05) is 32.2 Å². The molecular weight excluding hydrogens is 314 g/mol. The monoisotopic (exact) mass is 333 g/mol. The second-order valence-electron chi connectivity index (χ2n) is 4.75. The molecule has 6 nitrogen and oxygen atoms in total. The SMILES string of the molecule is CC(=O)N1CCCc2ccc(S(=O)(=O)NCCN)cc21.Cl. The molecule has 1 aromatic carbocycles. The Labute approximate surface area is 131 Å².